The summed E-state index contributed by atoms with van der Waals surface area (Å²) in [6.45, 7) is 0.906. The van der Waals surface area contributed by atoms with Crippen LogP contribution in [0.3, 0.4) is 0 Å². The van der Waals surface area contributed by atoms with Crippen molar-refractivity contribution < 1.29 is 9.63 Å². The summed E-state index contributed by atoms with van der Waals surface area (Å²) in [5.41, 5.74) is 0.907. The molecule has 0 radical (unpaired) electrons. The first-order chi connectivity index (χ1) is 6.75. The lowest BCUT2D eigenvalue weighted by Crippen LogP contribution is -2.22. The summed E-state index contributed by atoms with van der Waals surface area (Å²) >= 11 is 5.63. The van der Waals surface area contributed by atoms with Gasteiger partial charge in [0.25, 0.3) is 0 Å². The Hall–Kier alpha value is -1.13. The number of halogens is 1. The number of hydrogen-bond acceptors (Lipinski definition) is 3. The molecule has 1 aromatic heterocycles. The minimum Gasteiger partial charge on any atom is -0.272 e. The highest BCUT2D eigenvalue weighted by atomic mass is 35.5. The third-order valence-electron chi connectivity index (χ3n) is 1.96. The Bertz CT molecular complexity index is 339. The van der Waals surface area contributed by atoms with E-state index < -0.39 is 0 Å². The van der Waals surface area contributed by atoms with Gasteiger partial charge in [-0.25, -0.2) is 10.0 Å². The summed E-state index contributed by atoms with van der Waals surface area (Å²) in [7, 11) is 0. The Balaban J connectivity index is 2.03. The molecule has 0 saturated carbocycles. The number of nitrogens with zero attached hydrogens (tertiary/aromatic N) is 2. The van der Waals surface area contributed by atoms with E-state index in [1.165, 1.54) is 5.06 Å². The van der Waals surface area contributed by atoms with Crippen LogP contribution in [0.1, 0.15) is 12.0 Å². The minimum atomic E-state index is 0.0138. The molecule has 0 atom stereocenters. The van der Waals surface area contributed by atoms with Crippen molar-refractivity contribution >= 4 is 17.5 Å². The van der Waals surface area contributed by atoms with Crippen LogP contribution in [0.2, 0.25) is 5.15 Å². The Kier molecular flexibility index (Phi) is 2.65. The summed E-state index contributed by atoms with van der Waals surface area (Å²) in [6.07, 6.45) is 2.10. The van der Waals surface area contributed by atoms with Crippen molar-refractivity contribution in [2.24, 2.45) is 0 Å². The number of carbonyl (C=O) groups excluding carboxylic acids is 1. The zero-order chi connectivity index (χ0) is 9.97. The first-order valence-corrected chi connectivity index (χ1v) is 4.67. The van der Waals surface area contributed by atoms with Crippen molar-refractivity contribution in [3.05, 3.63) is 29.0 Å². The third kappa shape index (κ3) is 2.02. The smallest absolute Gasteiger partial charge is 0.248 e. The maximum atomic E-state index is 11.2. The van der Waals surface area contributed by atoms with Crippen LogP contribution < -0.4 is 0 Å². The number of rotatable bonds is 2. The molecule has 0 unspecified atom stereocenters. The minimum absolute atomic E-state index is 0.0138. The highest BCUT2D eigenvalue weighted by Crippen LogP contribution is 2.12. The van der Waals surface area contributed by atoms with Crippen molar-refractivity contribution in [3.8, 4) is 0 Å². The number of hydrogen-bond donors (Lipinski definition) is 0. The van der Waals surface area contributed by atoms with Gasteiger partial charge in [0.1, 0.15) is 5.15 Å². The van der Waals surface area contributed by atoms with Crippen LogP contribution in [-0.2, 0) is 16.2 Å². The van der Waals surface area contributed by atoms with Crippen LogP contribution in [-0.4, -0.2) is 22.6 Å². The van der Waals surface area contributed by atoms with Gasteiger partial charge < -0.3 is 0 Å². The number of pyridine rings is 1. The molecule has 14 heavy (non-hydrogen) atoms. The van der Waals surface area contributed by atoms with Gasteiger partial charge in [-0.1, -0.05) is 17.7 Å². The maximum absolute atomic E-state index is 11.2. The maximum Gasteiger partial charge on any atom is 0.248 e. The van der Waals surface area contributed by atoms with Crippen LogP contribution in [0.15, 0.2) is 18.3 Å². The Morgan fingerprint density at radius 2 is 2.43 bits per heavy atom. The summed E-state index contributed by atoms with van der Waals surface area (Å²) in [4.78, 5) is 20.2. The zero-order valence-electron chi connectivity index (χ0n) is 7.44. The fourth-order valence-corrected chi connectivity index (χ4v) is 1.35. The average molecular weight is 213 g/mol. The molecule has 1 aromatic rings. The molecule has 1 aliphatic rings. The second-order valence-corrected chi connectivity index (χ2v) is 3.39. The van der Waals surface area contributed by atoms with Crippen LogP contribution >= 0.6 is 11.6 Å². The fourth-order valence-electron chi connectivity index (χ4n) is 1.24. The molecule has 0 N–H and O–H groups in total. The second kappa shape index (κ2) is 3.94. The average Bonchev–Trinajstić information content (AvgIpc) is 2.56. The monoisotopic (exact) mass is 212 g/mol. The molecule has 1 amide bonds. The van der Waals surface area contributed by atoms with Gasteiger partial charge in [0.2, 0.25) is 5.91 Å². The summed E-state index contributed by atoms with van der Waals surface area (Å²) in [5, 5.41) is 1.80. The van der Waals surface area contributed by atoms with E-state index in [4.69, 9.17) is 16.4 Å². The van der Waals surface area contributed by atoms with Crippen LogP contribution in [0.4, 0.5) is 0 Å². The zero-order valence-corrected chi connectivity index (χ0v) is 8.20. The van der Waals surface area contributed by atoms with E-state index >= 15 is 0 Å². The number of amides is 1. The van der Waals surface area contributed by atoms with E-state index in [0.29, 0.717) is 24.7 Å². The van der Waals surface area contributed by atoms with Gasteiger partial charge in [0, 0.05) is 6.20 Å². The van der Waals surface area contributed by atoms with Gasteiger partial charge in [0.05, 0.1) is 19.6 Å². The molecule has 1 aliphatic heterocycles. The third-order valence-corrected chi connectivity index (χ3v) is 2.18. The predicted molar refractivity (Wildman–Crippen MR) is 50.4 cm³/mol. The van der Waals surface area contributed by atoms with E-state index in [1.807, 2.05) is 6.07 Å². The summed E-state index contributed by atoms with van der Waals surface area (Å²) < 4.78 is 0. The Morgan fingerprint density at radius 3 is 3.00 bits per heavy atom. The van der Waals surface area contributed by atoms with Gasteiger partial charge in [0.15, 0.2) is 0 Å². The molecule has 4 nitrogen and oxygen atoms in total. The SMILES string of the molecule is O=C1CCON1Cc1ccc(Cl)nc1. The number of carbonyl (C=O) groups is 1. The molecule has 0 aliphatic carbocycles. The van der Waals surface area contributed by atoms with E-state index in [-0.39, 0.29) is 5.91 Å². The van der Waals surface area contributed by atoms with E-state index in [1.54, 1.807) is 12.3 Å². The quantitative estimate of drug-likeness (QED) is 0.696. The molecule has 74 valence electrons. The molecule has 5 heteroatoms. The van der Waals surface area contributed by atoms with E-state index in [9.17, 15) is 4.79 Å². The number of hydroxylamine groups is 2. The Morgan fingerprint density at radius 1 is 1.57 bits per heavy atom. The molecule has 0 aromatic carbocycles. The standard InChI is InChI=1S/C9H9ClN2O2/c10-8-2-1-7(5-11-8)6-12-9(13)3-4-14-12/h1-2,5H,3-4,6H2. The van der Waals surface area contributed by atoms with Crippen LogP contribution in [0.5, 0.6) is 0 Å². The van der Waals surface area contributed by atoms with Crippen molar-refractivity contribution in [1.82, 2.24) is 10.0 Å². The van der Waals surface area contributed by atoms with E-state index in [0.717, 1.165) is 5.56 Å². The topological polar surface area (TPSA) is 42.4 Å². The summed E-state index contributed by atoms with van der Waals surface area (Å²) in [6, 6.07) is 3.52. The Labute approximate surface area is 86.4 Å². The van der Waals surface area contributed by atoms with Crippen molar-refractivity contribution in [2.75, 3.05) is 6.61 Å². The van der Waals surface area contributed by atoms with E-state index in [2.05, 4.69) is 4.98 Å². The highest BCUT2D eigenvalue weighted by molar-refractivity contribution is 6.29. The molecule has 1 saturated heterocycles. The molecular weight excluding hydrogens is 204 g/mol. The molecule has 1 fully saturated rings. The van der Waals surface area contributed by atoms with Crippen molar-refractivity contribution in [1.29, 1.82) is 0 Å². The lowest BCUT2D eigenvalue weighted by molar-refractivity contribution is -0.164. The lowest BCUT2D eigenvalue weighted by atomic mass is 10.3. The van der Waals surface area contributed by atoms with Gasteiger partial charge in [-0.3, -0.25) is 9.63 Å². The molecule has 0 spiro atoms. The predicted octanol–water partition coefficient (Wildman–Crippen LogP) is 1.40. The van der Waals surface area contributed by atoms with Crippen molar-refractivity contribution in [2.45, 2.75) is 13.0 Å². The fraction of sp³-hybridized carbons (Fsp3) is 0.333. The highest BCUT2D eigenvalue weighted by Gasteiger charge is 2.21. The molecule has 2 heterocycles. The largest absolute Gasteiger partial charge is 0.272 e. The molecule has 2 rings (SSSR count). The first-order valence-electron chi connectivity index (χ1n) is 4.29. The van der Waals surface area contributed by atoms with Crippen molar-refractivity contribution in [3.63, 3.8) is 0 Å². The van der Waals surface area contributed by atoms with Crippen LogP contribution in [0, 0.1) is 0 Å². The van der Waals surface area contributed by atoms with Gasteiger partial charge in [-0.15, -0.1) is 0 Å². The summed E-state index contributed by atoms with van der Waals surface area (Å²) in [5.74, 6) is 0.0138. The second-order valence-electron chi connectivity index (χ2n) is 3.00. The molecule has 0 bridgehead atoms. The van der Waals surface area contributed by atoms with Gasteiger partial charge in [-0.05, 0) is 11.6 Å². The normalized spacial score (nSPS) is 16.4. The first kappa shape index (κ1) is 9.43. The van der Waals surface area contributed by atoms with Gasteiger partial charge >= 0.3 is 0 Å². The van der Waals surface area contributed by atoms with Gasteiger partial charge in [-0.2, -0.15) is 0 Å². The number of aromatic nitrogens is 1. The molecular formula is C9H9ClN2O2. The van der Waals surface area contributed by atoms with Crippen LogP contribution in [0.25, 0.3) is 0 Å². The lowest BCUT2D eigenvalue weighted by Gasteiger charge is -2.13.